The van der Waals surface area contributed by atoms with Gasteiger partial charge in [0.25, 0.3) is 5.91 Å². The molecule has 1 saturated heterocycles. The van der Waals surface area contributed by atoms with E-state index < -0.39 is 0 Å². The fraction of sp³-hybridized carbons (Fsp3) is 0.222. The van der Waals surface area contributed by atoms with Crippen molar-refractivity contribution in [3.63, 3.8) is 0 Å². The van der Waals surface area contributed by atoms with Crippen LogP contribution in [0.3, 0.4) is 0 Å². The van der Waals surface area contributed by atoms with Gasteiger partial charge in [-0.2, -0.15) is 10.4 Å². The molecule has 9 heteroatoms. The number of rotatable bonds is 5. The molecule has 0 unspecified atom stereocenters. The monoisotopic (exact) mass is 479 g/mol. The highest BCUT2D eigenvalue weighted by molar-refractivity contribution is 5.98. The maximum absolute atomic E-state index is 12.8. The lowest BCUT2D eigenvalue weighted by molar-refractivity contribution is -0.128. The molecule has 36 heavy (non-hydrogen) atoms. The number of nitrogens with zero attached hydrogens (tertiary/aromatic N) is 6. The molecule has 0 radical (unpaired) electrons. The molecule has 2 aromatic carbocycles. The minimum atomic E-state index is -0.260. The second-order valence-corrected chi connectivity index (χ2v) is 8.55. The summed E-state index contributed by atoms with van der Waals surface area (Å²) in [7, 11) is 0. The molecule has 4 aromatic rings. The van der Waals surface area contributed by atoms with Gasteiger partial charge in [0.2, 0.25) is 0 Å². The third-order valence-corrected chi connectivity index (χ3v) is 6.29. The molecular weight excluding hydrogens is 454 g/mol. The van der Waals surface area contributed by atoms with E-state index in [0.29, 0.717) is 41.4 Å². The van der Waals surface area contributed by atoms with Crippen LogP contribution in [0.2, 0.25) is 0 Å². The van der Waals surface area contributed by atoms with Crippen molar-refractivity contribution < 1.29 is 9.53 Å². The van der Waals surface area contributed by atoms with Crippen molar-refractivity contribution in [3.05, 3.63) is 72.6 Å². The Morgan fingerprint density at radius 2 is 1.89 bits per heavy atom. The average molecular weight is 480 g/mol. The Bertz CT molecular complexity index is 1470. The zero-order valence-electron chi connectivity index (χ0n) is 19.8. The summed E-state index contributed by atoms with van der Waals surface area (Å²) >= 11 is 0. The van der Waals surface area contributed by atoms with Crippen molar-refractivity contribution >= 4 is 22.8 Å². The third kappa shape index (κ3) is 4.36. The number of hydrogen-bond acceptors (Lipinski definition) is 7. The number of allylic oxidation sites excluding steroid dienone is 1. The van der Waals surface area contributed by atoms with Gasteiger partial charge in [-0.3, -0.25) is 4.79 Å². The first-order valence-electron chi connectivity index (χ1n) is 11.8. The Kier molecular flexibility index (Phi) is 6.33. The largest absolute Gasteiger partial charge is 0.457 e. The number of carbonyl (C=O) groups excluding carboxylic acids is 1. The van der Waals surface area contributed by atoms with Gasteiger partial charge in [0.15, 0.2) is 5.65 Å². The van der Waals surface area contributed by atoms with Crippen LogP contribution in [0.1, 0.15) is 25.8 Å². The van der Waals surface area contributed by atoms with Gasteiger partial charge in [0.1, 0.15) is 41.0 Å². The molecule has 0 saturated carbocycles. The summed E-state index contributed by atoms with van der Waals surface area (Å²) in [6.45, 7) is 2.73. The SMILES string of the molecule is C/C=C(/C#N)C(=O)N1CCC[C@@H](n2nc(-c3ccc(Oc4ccccc4)cc3)c3c(N)ncnc32)C1. The molecule has 180 valence electrons. The molecule has 1 atom stereocenters. The zero-order chi connectivity index (χ0) is 25.1. The van der Waals surface area contributed by atoms with Gasteiger partial charge in [0.05, 0.1) is 11.4 Å². The first-order valence-corrected chi connectivity index (χ1v) is 11.8. The first-order chi connectivity index (χ1) is 17.6. The van der Waals surface area contributed by atoms with Gasteiger partial charge < -0.3 is 15.4 Å². The summed E-state index contributed by atoms with van der Waals surface area (Å²) in [5.41, 5.74) is 8.57. The van der Waals surface area contributed by atoms with Crippen molar-refractivity contribution in [2.45, 2.75) is 25.8 Å². The maximum Gasteiger partial charge on any atom is 0.264 e. The van der Waals surface area contributed by atoms with E-state index in [1.807, 2.05) is 65.3 Å². The molecule has 1 fully saturated rings. The number of benzene rings is 2. The van der Waals surface area contributed by atoms with E-state index >= 15 is 0 Å². The van der Waals surface area contributed by atoms with Crippen molar-refractivity contribution in [1.82, 2.24) is 24.6 Å². The normalized spacial score (nSPS) is 16.1. The summed E-state index contributed by atoms with van der Waals surface area (Å²) in [4.78, 5) is 23.2. The van der Waals surface area contributed by atoms with Gasteiger partial charge in [-0.05, 0) is 56.2 Å². The third-order valence-electron chi connectivity index (χ3n) is 6.29. The fourth-order valence-corrected chi connectivity index (χ4v) is 4.50. The van der Waals surface area contributed by atoms with Gasteiger partial charge in [-0.25, -0.2) is 14.6 Å². The molecule has 1 amide bonds. The second kappa shape index (κ2) is 9.88. The predicted octanol–water partition coefficient (Wildman–Crippen LogP) is 4.50. The van der Waals surface area contributed by atoms with Crippen LogP contribution < -0.4 is 10.5 Å². The molecular formula is C27H25N7O2. The molecule has 0 bridgehead atoms. The molecule has 2 N–H and O–H groups in total. The van der Waals surface area contributed by atoms with E-state index in [4.69, 9.17) is 15.6 Å². The summed E-state index contributed by atoms with van der Waals surface area (Å²) in [5, 5.41) is 14.9. The number of fused-ring (bicyclic) bond motifs is 1. The summed E-state index contributed by atoms with van der Waals surface area (Å²) in [6.07, 6.45) is 4.59. The molecule has 5 rings (SSSR count). The average Bonchev–Trinajstić information content (AvgIpc) is 3.31. The van der Waals surface area contributed by atoms with E-state index in [1.165, 1.54) is 6.33 Å². The maximum atomic E-state index is 12.8. The van der Waals surface area contributed by atoms with Crippen LogP contribution in [0.15, 0.2) is 72.6 Å². The Labute approximate surface area is 208 Å². The van der Waals surface area contributed by atoms with Crippen molar-refractivity contribution in [3.8, 4) is 28.8 Å². The van der Waals surface area contributed by atoms with Crippen molar-refractivity contribution in [2.24, 2.45) is 0 Å². The highest BCUT2D eigenvalue weighted by Gasteiger charge is 2.29. The van der Waals surface area contributed by atoms with Crippen LogP contribution >= 0.6 is 0 Å². The lowest BCUT2D eigenvalue weighted by atomic mass is 10.0. The number of nitrogen functional groups attached to an aromatic ring is 1. The van der Waals surface area contributed by atoms with Crippen LogP contribution in [0.5, 0.6) is 11.5 Å². The van der Waals surface area contributed by atoms with E-state index in [-0.39, 0.29) is 17.5 Å². The summed E-state index contributed by atoms with van der Waals surface area (Å²) < 4.78 is 7.76. The Balaban J connectivity index is 1.48. The standard InChI is InChI=1S/C27H25N7O2/c1-2-18(15-28)27(35)33-14-6-7-20(16-33)34-26-23(25(29)30-17-31-26)24(32-34)19-10-12-22(13-11-19)36-21-8-4-3-5-9-21/h2-5,8-13,17,20H,6-7,14,16H2,1H3,(H2,29,30,31)/b18-2-/t20-/m1/s1. The van der Waals surface area contributed by atoms with Gasteiger partial charge in [0, 0.05) is 18.7 Å². The van der Waals surface area contributed by atoms with Gasteiger partial charge in [-0.15, -0.1) is 0 Å². The Hall–Kier alpha value is -4.71. The Morgan fingerprint density at radius 3 is 2.61 bits per heavy atom. The molecule has 3 heterocycles. The van der Waals surface area contributed by atoms with Gasteiger partial charge >= 0.3 is 0 Å². The molecule has 1 aliphatic heterocycles. The number of para-hydroxylation sites is 1. The van der Waals surface area contributed by atoms with E-state index in [2.05, 4.69) is 9.97 Å². The predicted molar refractivity (Wildman–Crippen MR) is 136 cm³/mol. The number of aromatic nitrogens is 4. The minimum absolute atomic E-state index is 0.106. The Morgan fingerprint density at radius 1 is 1.14 bits per heavy atom. The van der Waals surface area contributed by atoms with Crippen LogP contribution in [0.4, 0.5) is 5.82 Å². The number of carbonyl (C=O) groups is 1. The zero-order valence-corrected chi connectivity index (χ0v) is 19.8. The number of piperidine rings is 1. The first kappa shape index (κ1) is 23.1. The second-order valence-electron chi connectivity index (χ2n) is 8.55. The number of nitrogens with two attached hydrogens (primary N) is 1. The van der Waals surface area contributed by atoms with Crippen molar-refractivity contribution in [2.75, 3.05) is 18.8 Å². The molecule has 1 aliphatic rings. The fourth-order valence-electron chi connectivity index (χ4n) is 4.50. The number of anilines is 1. The van der Waals surface area contributed by atoms with Crippen LogP contribution in [-0.2, 0) is 4.79 Å². The molecule has 0 aliphatic carbocycles. The molecule has 2 aromatic heterocycles. The number of nitriles is 1. The number of likely N-dealkylation sites (tertiary alicyclic amines) is 1. The van der Waals surface area contributed by atoms with Crippen LogP contribution in [0, 0.1) is 11.3 Å². The quantitative estimate of drug-likeness (QED) is 0.330. The molecule has 9 nitrogen and oxygen atoms in total. The number of amides is 1. The summed E-state index contributed by atoms with van der Waals surface area (Å²) in [5.74, 6) is 1.54. The topological polar surface area (TPSA) is 123 Å². The van der Waals surface area contributed by atoms with Crippen molar-refractivity contribution in [1.29, 1.82) is 5.26 Å². The van der Waals surface area contributed by atoms with Gasteiger partial charge in [-0.1, -0.05) is 24.3 Å². The summed E-state index contributed by atoms with van der Waals surface area (Å²) in [6, 6.07) is 19.1. The number of ether oxygens (including phenoxy) is 1. The number of hydrogen-bond donors (Lipinski definition) is 1. The van der Waals surface area contributed by atoms with E-state index in [9.17, 15) is 10.1 Å². The smallest absolute Gasteiger partial charge is 0.264 e. The lowest BCUT2D eigenvalue weighted by Gasteiger charge is -2.32. The molecule has 0 spiro atoms. The minimum Gasteiger partial charge on any atom is -0.457 e. The highest BCUT2D eigenvalue weighted by Crippen LogP contribution is 2.35. The van der Waals surface area contributed by atoms with E-state index in [0.717, 1.165) is 24.2 Å². The lowest BCUT2D eigenvalue weighted by Crippen LogP contribution is -2.41. The van der Waals surface area contributed by atoms with E-state index in [1.54, 1.807) is 17.9 Å². The van der Waals surface area contributed by atoms with Crippen LogP contribution in [-0.4, -0.2) is 43.6 Å². The highest BCUT2D eigenvalue weighted by atomic mass is 16.5. The van der Waals surface area contributed by atoms with Crippen LogP contribution in [0.25, 0.3) is 22.3 Å².